The summed E-state index contributed by atoms with van der Waals surface area (Å²) in [7, 11) is 1.26. The van der Waals surface area contributed by atoms with Crippen LogP contribution in [-0.4, -0.2) is 50.6 Å². The molecule has 1 amide bonds. The highest BCUT2D eigenvalue weighted by Gasteiger charge is 2.44. The van der Waals surface area contributed by atoms with E-state index in [0.29, 0.717) is 49.1 Å². The molecule has 0 bridgehead atoms. The van der Waals surface area contributed by atoms with Gasteiger partial charge in [-0.15, -0.1) is 11.3 Å². The van der Waals surface area contributed by atoms with E-state index >= 15 is 0 Å². The van der Waals surface area contributed by atoms with Crippen molar-refractivity contribution in [3.63, 3.8) is 0 Å². The molecule has 10 heteroatoms. The Hall–Kier alpha value is -2.16. The van der Waals surface area contributed by atoms with Gasteiger partial charge < -0.3 is 23.8 Å². The molecule has 228 valence electrons. The Morgan fingerprint density at radius 2 is 1.71 bits per heavy atom. The molecule has 0 radical (unpaired) electrons. The second kappa shape index (κ2) is 13.2. The lowest BCUT2D eigenvalue weighted by Crippen LogP contribution is -2.49. The molecule has 42 heavy (non-hydrogen) atoms. The fraction of sp³-hybridized carbons (Fsp3) is 0.625. The van der Waals surface area contributed by atoms with Gasteiger partial charge in [-0.2, -0.15) is 0 Å². The van der Waals surface area contributed by atoms with Crippen LogP contribution in [0, 0.1) is 11.8 Å². The SMILES string of the molecule is CCOC(C)(P=O)c1ccc(-c2cc(N(C(=O)C3CCC(C)CC3)C3CCC4(CC3)OCCO4)c(C(=O)OC)s2)cc1. The highest BCUT2D eigenvalue weighted by molar-refractivity contribution is 7.25. The lowest BCUT2D eigenvalue weighted by Gasteiger charge is -2.42. The first kappa shape index (κ1) is 31.3. The Morgan fingerprint density at radius 3 is 2.29 bits per heavy atom. The maximum absolute atomic E-state index is 14.3. The van der Waals surface area contributed by atoms with E-state index in [1.165, 1.54) is 18.4 Å². The molecule has 1 aromatic heterocycles. The van der Waals surface area contributed by atoms with Crippen molar-refractivity contribution >= 4 is 37.4 Å². The van der Waals surface area contributed by atoms with Crippen LogP contribution in [0.4, 0.5) is 5.69 Å². The largest absolute Gasteiger partial charge is 0.465 e. The van der Waals surface area contributed by atoms with Gasteiger partial charge in [0.25, 0.3) is 0 Å². The number of esters is 1. The summed E-state index contributed by atoms with van der Waals surface area (Å²) < 4.78 is 34.9. The summed E-state index contributed by atoms with van der Waals surface area (Å²) in [5.74, 6) is -0.329. The van der Waals surface area contributed by atoms with Crippen LogP contribution in [0.5, 0.6) is 0 Å². The number of hydrogen-bond acceptors (Lipinski definition) is 8. The van der Waals surface area contributed by atoms with Gasteiger partial charge in [0.2, 0.25) is 5.91 Å². The summed E-state index contributed by atoms with van der Waals surface area (Å²) in [6.45, 7) is 7.56. The number of carbonyl (C=O) groups is 2. The zero-order valence-corrected chi connectivity index (χ0v) is 26.8. The first-order valence-corrected chi connectivity index (χ1v) is 16.8. The minimum Gasteiger partial charge on any atom is -0.465 e. The van der Waals surface area contributed by atoms with Crippen LogP contribution >= 0.6 is 19.8 Å². The molecule has 0 N–H and O–H groups in total. The molecule has 5 rings (SSSR count). The van der Waals surface area contributed by atoms with E-state index < -0.39 is 17.1 Å². The predicted molar refractivity (Wildman–Crippen MR) is 163 cm³/mol. The van der Waals surface area contributed by atoms with Gasteiger partial charge >= 0.3 is 5.97 Å². The molecular formula is C32H42NO7PS. The lowest BCUT2D eigenvalue weighted by atomic mass is 9.81. The molecule has 2 aliphatic carbocycles. The Kier molecular flexibility index (Phi) is 9.85. The van der Waals surface area contributed by atoms with E-state index in [4.69, 9.17) is 18.9 Å². The van der Waals surface area contributed by atoms with Crippen LogP contribution in [0.25, 0.3) is 10.4 Å². The van der Waals surface area contributed by atoms with Crippen LogP contribution in [0.1, 0.15) is 87.4 Å². The van der Waals surface area contributed by atoms with E-state index in [1.807, 2.05) is 42.2 Å². The number of carbonyl (C=O) groups excluding carboxylic acids is 2. The van der Waals surface area contributed by atoms with E-state index in [9.17, 15) is 14.2 Å². The average molecular weight is 616 g/mol. The third-order valence-electron chi connectivity index (χ3n) is 9.15. The van der Waals surface area contributed by atoms with Crippen molar-refractivity contribution in [2.75, 3.05) is 31.8 Å². The number of methoxy groups -OCH3 is 1. The average Bonchev–Trinajstić information content (AvgIpc) is 3.66. The highest BCUT2D eigenvalue weighted by atomic mass is 32.1. The summed E-state index contributed by atoms with van der Waals surface area (Å²) in [5.41, 5.74) is 2.32. The normalized spacial score (nSPS) is 24.0. The summed E-state index contributed by atoms with van der Waals surface area (Å²) in [6, 6.07) is 9.61. The number of ether oxygens (including phenoxy) is 4. The maximum Gasteiger partial charge on any atom is 0.350 e. The smallest absolute Gasteiger partial charge is 0.350 e. The van der Waals surface area contributed by atoms with Crippen LogP contribution < -0.4 is 4.90 Å². The summed E-state index contributed by atoms with van der Waals surface area (Å²) in [5, 5.41) is -0.934. The number of amides is 1. The van der Waals surface area contributed by atoms with Crippen molar-refractivity contribution in [2.24, 2.45) is 11.8 Å². The Balaban J connectivity index is 1.50. The zero-order valence-electron chi connectivity index (χ0n) is 25.1. The van der Waals surface area contributed by atoms with Crippen LogP contribution in [-0.2, 0) is 33.6 Å². The summed E-state index contributed by atoms with van der Waals surface area (Å²) in [4.78, 5) is 30.7. The zero-order chi connectivity index (χ0) is 29.9. The van der Waals surface area contributed by atoms with Gasteiger partial charge in [-0.25, -0.2) is 4.79 Å². The third kappa shape index (κ3) is 6.36. The topological polar surface area (TPSA) is 91.4 Å². The Labute approximate surface area is 254 Å². The fourth-order valence-corrected chi connectivity index (χ4v) is 8.12. The van der Waals surface area contributed by atoms with Crippen LogP contribution in [0.3, 0.4) is 0 Å². The Morgan fingerprint density at radius 1 is 1.07 bits per heavy atom. The molecule has 3 fully saturated rings. The number of rotatable bonds is 9. The lowest BCUT2D eigenvalue weighted by molar-refractivity contribution is -0.179. The van der Waals surface area contributed by atoms with Gasteiger partial charge in [0.05, 0.1) is 26.0 Å². The highest BCUT2D eigenvalue weighted by Crippen LogP contribution is 2.45. The van der Waals surface area contributed by atoms with Crippen molar-refractivity contribution in [1.29, 1.82) is 0 Å². The van der Waals surface area contributed by atoms with Crippen molar-refractivity contribution in [3.05, 3.63) is 40.8 Å². The number of anilines is 1. The standard InChI is InChI=1S/C32H42NO7PS/c1-5-38-31(3,41-36)24-12-10-22(11-13-24)27-20-26(28(42-27)30(35)37-4)33(29(34)23-8-6-21(2)7-9-23)25-14-16-32(17-15-25)39-18-19-40-32/h10-13,20-21,23,25H,5-9,14-19H2,1-4H3. The molecule has 1 spiro atoms. The molecule has 1 saturated heterocycles. The summed E-state index contributed by atoms with van der Waals surface area (Å²) >= 11 is 1.34. The monoisotopic (exact) mass is 615 g/mol. The van der Waals surface area contributed by atoms with Gasteiger partial charge in [-0.1, -0.05) is 31.2 Å². The van der Waals surface area contributed by atoms with Crippen molar-refractivity contribution in [1.82, 2.24) is 0 Å². The van der Waals surface area contributed by atoms with Crippen LogP contribution in [0.15, 0.2) is 30.3 Å². The molecule has 2 aromatic rings. The number of hydrogen-bond donors (Lipinski definition) is 0. The first-order chi connectivity index (χ1) is 20.2. The summed E-state index contributed by atoms with van der Waals surface area (Å²) in [6.07, 6.45) is 6.70. The minimum absolute atomic E-state index is 0.0632. The molecule has 1 atom stereocenters. The van der Waals surface area contributed by atoms with Gasteiger partial charge in [0.1, 0.15) is 4.88 Å². The Bertz CT molecular complexity index is 1260. The molecule has 1 aromatic carbocycles. The third-order valence-corrected chi connectivity index (χ3v) is 11.0. The molecule has 1 unspecified atom stereocenters. The van der Waals surface area contributed by atoms with Crippen molar-refractivity contribution < 1.29 is 33.1 Å². The number of thiophene rings is 1. The molecule has 1 aliphatic heterocycles. The number of nitrogens with zero attached hydrogens (tertiary/aromatic N) is 1. The second-order valence-electron chi connectivity index (χ2n) is 11.9. The molecule has 3 aliphatic rings. The maximum atomic E-state index is 14.3. The quantitative estimate of drug-likeness (QED) is 0.213. The van der Waals surface area contributed by atoms with E-state index in [2.05, 4.69) is 6.92 Å². The molecule has 2 saturated carbocycles. The van der Waals surface area contributed by atoms with E-state index in [1.54, 1.807) is 6.92 Å². The molecule has 2 heterocycles. The van der Waals surface area contributed by atoms with Gasteiger partial charge in [0, 0.05) is 36.3 Å². The van der Waals surface area contributed by atoms with E-state index in [0.717, 1.165) is 54.5 Å². The van der Waals surface area contributed by atoms with Gasteiger partial charge in [-0.05, 0) is 75.5 Å². The van der Waals surface area contributed by atoms with Gasteiger partial charge in [0.15, 0.2) is 19.6 Å². The van der Waals surface area contributed by atoms with Crippen molar-refractivity contribution in [3.8, 4) is 10.4 Å². The van der Waals surface area contributed by atoms with Crippen molar-refractivity contribution in [2.45, 2.75) is 89.3 Å². The minimum atomic E-state index is -0.934. The fourth-order valence-electron chi connectivity index (χ4n) is 6.61. The molecular weight excluding hydrogens is 573 g/mol. The van der Waals surface area contributed by atoms with Gasteiger partial charge in [-0.3, -0.25) is 9.36 Å². The molecule has 8 nitrogen and oxygen atoms in total. The number of benzene rings is 1. The second-order valence-corrected chi connectivity index (χ2v) is 14.0. The first-order valence-electron chi connectivity index (χ1n) is 15.1. The van der Waals surface area contributed by atoms with E-state index in [-0.39, 0.29) is 26.3 Å². The van der Waals surface area contributed by atoms with Crippen LogP contribution in [0.2, 0.25) is 0 Å². The predicted octanol–water partition coefficient (Wildman–Crippen LogP) is 7.55.